The van der Waals surface area contributed by atoms with Crippen molar-refractivity contribution in [2.45, 2.75) is 9.79 Å². The van der Waals surface area contributed by atoms with Gasteiger partial charge in [0.15, 0.2) is 16.8 Å². The topological polar surface area (TPSA) is 122 Å². The molecule has 0 saturated carbocycles. The lowest BCUT2D eigenvalue weighted by Crippen LogP contribution is -2.27. The zero-order valence-corrected chi connectivity index (χ0v) is 20.1. The van der Waals surface area contributed by atoms with Crippen LogP contribution in [-0.2, 0) is 9.84 Å². The summed E-state index contributed by atoms with van der Waals surface area (Å²) in [4.78, 5) is 11.3. The van der Waals surface area contributed by atoms with Gasteiger partial charge in [-0.15, -0.1) is 0 Å². The number of halogens is 1. The normalized spacial score (nSPS) is 11.3. The van der Waals surface area contributed by atoms with E-state index in [2.05, 4.69) is 0 Å². The zero-order valence-electron chi connectivity index (χ0n) is 18.5. The first-order valence-corrected chi connectivity index (χ1v) is 11.9. The SMILES string of the molecule is COc1cccc(OC)c1-c1c[n+]([O-])cc(S(=O)(=O)c2ccc(-n3cc(Cl)ccc3=O)cc2)c1O. The van der Waals surface area contributed by atoms with E-state index >= 15 is 0 Å². The van der Waals surface area contributed by atoms with E-state index in [-0.39, 0.29) is 37.8 Å². The molecule has 0 aliphatic rings. The molecule has 0 radical (unpaired) electrons. The predicted molar refractivity (Wildman–Crippen MR) is 128 cm³/mol. The molecule has 0 fully saturated rings. The summed E-state index contributed by atoms with van der Waals surface area (Å²) in [5.41, 5.74) is 0.158. The van der Waals surface area contributed by atoms with Crippen molar-refractivity contribution >= 4 is 21.4 Å². The summed E-state index contributed by atoms with van der Waals surface area (Å²) in [6.07, 6.45) is 3.21. The molecule has 0 aliphatic heterocycles. The minimum absolute atomic E-state index is 0.0857. The van der Waals surface area contributed by atoms with E-state index < -0.39 is 20.5 Å². The largest absolute Gasteiger partial charge is 0.619 e. The van der Waals surface area contributed by atoms with Gasteiger partial charge in [0, 0.05) is 18.0 Å². The number of sulfone groups is 1. The van der Waals surface area contributed by atoms with Gasteiger partial charge in [0.2, 0.25) is 16.0 Å². The average molecular weight is 515 g/mol. The highest BCUT2D eigenvalue weighted by Gasteiger charge is 2.30. The Balaban J connectivity index is 1.85. The van der Waals surface area contributed by atoms with Crippen LogP contribution in [0.2, 0.25) is 5.02 Å². The maximum Gasteiger partial charge on any atom is 0.255 e. The Bertz CT molecular complexity index is 1560. The Morgan fingerprint density at radius 3 is 2.20 bits per heavy atom. The van der Waals surface area contributed by atoms with E-state index in [1.165, 1.54) is 61.4 Å². The van der Waals surface area contributed by atoms with Crippen LogP contribution in [0.3, 0.4) is 0 Å². The molecule has 2 heterocycles. The van der Waals surface area contributed by atoms with Crippen LogP contribution in [0.15, 0.2) is 87.8 Å². The fraction of sp³-hybridized carbons (Fsp3) is 0.0833. The molecule has 0 atom stereocenters. The van der Waals surface area contributed by atoms with Gasteiger partial charge in [0.05, 0.1) is 35.3 Å². The molecule has 0 bridgehead atoms. The highest BCUT2D eigenvalue weighted by Crippen LogP contribution is 2.44. The lowest BCUT2D eigenvalue weighted by Gasteiger charge is -2.15. The summed E-state index contributed by atoms with van der Waals surface area (Å²) >= 11 is 5.96. The predicted octanol–water partition coefficient (Wildman–Crippen LogP) is 3.35. The van der Waals surface area contributed by atoms with Crippen LogP contribution in [0.4, 0.5) is 0 Å². The van der Waals surface area contributed by atoms with Crippen LogP contribution in [0.25, 0.3) is 16.8 Å². The van der Waals surface area contributed by atoms with Crippen molar-refractivity contribution in [3.63, 3.8) is 0 Å². The molecular weight excluding hydrogens is 496 g/mol. The highest BCUT2D eigenvalue weighted by molar-refractivity contribution is 7.91. The van der Waals surface area contributed by atoms with Crippen molar-refractivity contribution in [3.8, 4) is 34.1 Å². The van der Waals surface area contributed by atoms with Gasteiger partial charge in [0.25, 0.3) is 5.56 Å². The molecule has 4 rings (SSSR count). The van der Waals surface area contributed by atoms with Gasteiger partial charge in [-0.25, -0.2) is 8.42 Å². The first-order valence-electron chi connectivity index (χ1n) is 10.1. The third kappa shape index (κ3) is 4.41. The van der Waals surface area contributed by atoms with Gasteiger partial charge in [-0.3, -0.25) is 9.36 Å². The first kappa shape index (κ1) is 24.1. The number of pyridine rings is 2. The Morgan fingerprint density at radius 2 is 1.60 bits per heavy atom. The molecule has 9 nitrogen and oxygen atoms in total. The maximum atomic E-state index is 13.4. The molecule has 0 spiro atoms. The second kappa shape index (κ2) is 9.32. The van der Waals surface area contributed by atoms with Crippen LogP contribution >= 0.6 is 11.6 Å². The number of aromatic hydroxyl groups is 1. The third-order valence-corrected chi connectivity index (χ3v) is 7.27. The smallest absolute Gasteiger partial charge is 0.255 e. The van der Waals surface area contributed by atoms with Gasteiger partial charge >= 0.3 is 0 Å². The monoisotopic (exact) mass is 514 g/mol. The fourth-order valence-corrected chi connectivity index (χ4v) is 5.12. The molecule has 0 unspecified atom stereocenters. The standard InChI is InChI=1S/C24H19ClN2O7S/c1-33-19-4-3-5-20(34-2)23(19)18-13-26(30)14-21(24(18)29)35(31,32)17-9-7-16(8-10-17)27-12-15(25)6-11-22(27)28/h3-14,29H,1-2H3. The van der Waals surface area contributed by atoms with E-state index in [4.69, 9.17) is 21.1 Å². The van der Waals surface area contributed by atoms with Gasteiger partial charge in [-0.05, 0) is 42.5 Å². The molecular formula is C24H19ClN2O7S. The fourth-order valence-electron chi connectivity index (χ4n) is 3.61. The number of ether oxygens (including phenoxy) is 2. The van der Waals surface area contributed by atoms with Crippen LogP contribution in [-0.4, -0.2) is 32.3 Å². The molecule has 11 heteroatoms. The lowest BCUT2D eigenvalue weighted by atomic mass is 10.0. The Hall–Kier alpha value is -4.02. The number of nitrogens with zero attached hydrogens (tertiary/aromatic N) is 2. The summed E-state index contributed by atoms with van der Waals surface area (Å²) in [5, 5.41) is 23.8. The number of methoxy groups -OCH3 is 2. The number of benzene rings is 2. The molecule has 180 valence electrons. The van der Waals surface area contributed by atoms with Crippen molar-refractivity contribution in [2.24, 2.45) is 0 Å². The van der Waals surface area contributed by atoms with Crippen molar-refractivity contribution in [1.29, 1.82) is 0 Å². The van der Waals surface area contributed by atoms with Gasteiger partial charge in [-0.1, -0.05) is 17.7 Å². The average Bonchev–Trinajstić information content (AvgIpc) is 2.86. The van der Waals surface area contributed by atoms with Crippen LogP contribution in [0.5, 0.6) is 17.2 Å². The summed E-state index contributed by atoms with van der Waals surface area (Å²) < 4.78 is 39.0. The number of hydrogen-bond acceptors (Lipinski definition) is 7. The molecule has 2 aromatic heterocycles. The van der Waals surface area contributed by atoms with Crippen molar-refractivity contribution < 1.29 is 27.7 Å². The second-order valence-corrected chi connectivity index (χ2v) is 9.69. The van der Waals surface area contributed by atoms with E-state index in [0.29, 0.717) is 10.7 Å². The van der Waals surface area contributed by atoms with E-state index in [1.54, 1.807) is 18.2 Å². The van der Waals surface area contributed by atoms with Crippen LogP contribution < -0.4 is 19.8 Å². The molecule has 1 N–H and O–H groups in total. The molecule has 35 heavy (non-hydrogen) atoms. The second-order valence-electron chi connectivity index (χ2n) is 7.34. The molecule has 4 aromatic rings. The maximum absolute atomic E-state index is 13.4. The first-order chi connectivity index (χ1) is 16.7. The van der Waals surface area contributed by atoms with Gasteiger partial charge < -0.3 is 19.8 Å². The van der Waals surface area contributed by atoms with Crippen LogP contribution in [0.1, 0.15) is 0 Å². The summed E-state index contributed by atoms with van der Waals surface area (Å²) in [7, 11) is -1.55. The molecule has 0 saturated heterocycles. The summed E-state index contributed by atoms with van der Waals surface area (Å²) in [5.74, 6) is -0.105. The highest BCUT2D eigenvalue weighted by atomic mass is 35.5. The van der Waals surface area contributed by atoms with Crippen LogP contribution in [0, 0.1) is 5.21 Å². The van der Waals surface area contributed by atoms with E-state index in [1.807, 2.05) is 0 Å². The quantitative estimate of drug-likeness (QED) is 0.309. The zero-order chi connectivity index (χ0) is 25.3. The molecule has 0 amide bonds. The summed E-state index contributed by atoms with van der Waals surface area (Å²) in [6, 6.07) is 12.9. The van der Waals surface area contributed by atoms with Crippen molar-refractivity contribution in [1.82, 2.24) is 4.57 Å². The lowest BCUT2D eigenvalue weighted by molar-refractivity contribution is -0.607. The molecule has 0 aliphatic carbocycles. The number of hydrogen-bond donors (Lipinski definition) is 1. The van der Waals surface area contributed by atoms with Gasteiger partial charge in [-0.2, -0.15) is 4.73 Å². The molecule has 2 aromatic carbocycles. The summed E-state index contributed by atoms with van der Waals surface area (Å²) in [6.45, 7) is 0. The minimum atomic E-state index is -4.34. The minimum Gasteiger partial charge on any atom is -0.619 e. The third-order valence-electron chi connectivity index (χ3n) is 5.28. The van der Waals surface area contributed by atoms with E-state index in [9.17, 15) is 23.5 Å². The van der Waals surface area contributed by atoms with E-state index in [0.717, 1.165) is 12.4 Å². The Kier molecular flexibility index (Phi) is 6.42. The van der Waals surface area contributed by atoms with Crippen molar-refractivity contribution in [2.75, 3.05) is 14.2 Å². The van der Waals surface area contributed by atoms with Crippen molar-refractivity contribution in [3.05, 3.63) is 93.8 Å². The number of rotatable bonds is 6. The Labute approximate surface area is 205 Å². The number of aromatic nitrogens is 2. The Morgan fingerprint density at radius 1 is 0.971 bits per heavy atom. The van der Waals surface area contributed by atoms with Gasteiger partial charge in [0.1, 0.15) is 11.5 Å².